The van der Waals surface area contributed by atoms with Crippen LogP contribution in [0.25, 0.3) is 0 Å². The fourth-order valence-electron chi connectivity index (χ4n) is 1.35. The van der Waals surface area contributed by atoms with Crippen molar-refractivity contribution in [1.29, 1.82) is 0 Å². The first-order valence-corrected chi connectivity index (χ1v) is 3.35. The Bertz CT molecular complexity index is 270. The summed E-state index contributed by atoms with van der Waals surface area (Å²) in [4.78, 5) is 0. The maximum Gasteiger partial charge on any atom is 0.115 e. The minimum absolute atomic E-state index is 0.204. The van der Waals surface area contributed by atoms with E-state index >= 15 is 0 Å². The highest BCUT2D eigenvalue weighted by Crippen LogP contribution is 2.32. The Morgan fingerprint density at radius 1 is 1.50 bits per heavy atom. The van der Waals surface area contributed by atoms with Crippen LogP contribution in [0.15, 0.2) is 18.2 Å². The molecule has 0 aromatic heterocycles. The van der Waals surface area contributed by atoms with Crippen LogP contribution in [0, 0.1) is 0 Å². The number of phenols is 1. The van der Waals surface area contributed by atoms with Gasteiger partial charge in [0.15, 0.2) is 0 Å². The largest absolute Gasteiger partial charge is 0.508 e. The highest BCUT2D eigenvalue weighted by atomic mass is 16.3. The predicted octanol–water partition coefficient (Wildman–Crippen LogP) is 0.948. The number of phenolic OH excluding ortho intramolecular Hbond substituents is 1. The Hall–Kier alpha value is -1.02. The molecule has 1 unspecified atom stereocenters. The summed E-state index contributed by atoms with van der Waals surface area (Å²) in [7, 11) is 0. The highest BCUT2D eigenvalue weighted by Gasteiger charge is 2.21. The van der Waals surface area contributed by atoms with Gasteiger partial charge in [0.1, 0.15) is 5.75 Å². The molecule has 2 nitrogen and oxygen atoms in total. The van der Waals surface area contributed by atoms with Crippen molar-refractivity contribution in [3.8, 4) is 5.75 Å². The number of fused-ring (bicyclic) bond motifs is 1. The molecule has 1 aliphatic carbocycles. The van der Waals surface area contributed by atoms with E-state index in [4.69, 9.17) is 10.8 Å². The van der Waals surface area contributed by atoms with Crippen LogP contribution in [-0.4, -0.2) is 5.11 Å². The van der Waals surface area contributed by atoms with Crippen molar-refractivity contribution in [3.63, 3.8) is 0 Å². The molecule has 0 aliphatic heterocycles. The molecule has 1 atom stereocenters. The third-order valence-corrected chi connectivity index (χ3v) is 1.97. The zero-order valence-electron chi connectivity index (χ0n) is 5.54. The molecule has 0 bridgehead atoms. The lowest BCUT2D eigenvalue weighted by Gasteiger charge is -2.26. The first-order valence-electron chi connectivity index (χ1n) is 3.35. The van der Waals surface area contributed by atoms with Crippen LogP contribution >= 0.6 is 0 Å². The van der Waals surface area contributed by atoms with Crippen molar-refractivity contribution in [3.05, 3.63) is 29.3 Å². The van der Waals surface area contributed by atoms with Gasteiger partial charge < -0.3 is 10.8 Å². The van der Waals surface area contributed by atoms with Gasteiger partial charge in [-0.1, -0.05) is 6.07 Å². The van der Waals surface area contributed by atoms with Gasteiger partial charge in [0, 0.05) is 6.04 Å². The normalized spacial score (nSPS) is 21.5. The molecule has 52 valence electrons. The first kappa shape index (κ1) is 5.74. The fraction of sp³-hybridized carbons (Fsp3) is 0.250. The third kappa shape index (κ3) is 0.625. The van der Waals surface area contributed by atoms with Gasteiger partial charge in [0.05, 0.1) is 0 Å². The summed E-state index contributed by atoms with van der Waals surface area (Å²) >= 11 is 0. The summed E-state index contributed by atoms with van der Waals surface area (Å²) in [5.74, 6) is 0.339. The van der Waals surface area contributed by atoms with Crippen LogP contribution in [0.5, 0.6) is 5.75 Å². The average molecular weight is 135 g/mol. The second-order valence-corrected chi connectivity index (χ2v) is 2.69. The van der Waals surface area contributed by atoms with E-state index in [1.54, 1.807) is 12.1 Å². The third-order valence-electron chi connectivity index (χ3n) is 1.97. The molecule has 0 amide bonds. The van der Waals surface area contributed by atoms with Crippen LogP contribution in [-0.2, 0) is 6.42 Å². The molecule has 3 N–H and O–H groups in total. The molecule has 0 radical (unpaired) electrons. The van der Waals surface area contributed by atoms with Gasteiger partial charge in [0.25, 0.3) is 0 Å². The van der Waals surface area contributed by atoms with E-state index in [1.165, 1.54) is 11.1 Å². The van der Waals surface area contributed by atoms with Gasteiger partial charge in [-0.05, 0) is 29.7 Å². The standard InChI is InChI=1S/C8H9NO/c9-8-4-5-3-6(10)1-2-7(5)8/h1-3,8,10H,4,9H2. The number of benzene rings is 1. The molecule has 10 heavy (non-hydrogen) atoms. The summed E-state index contributed by atoms with van der Waals surface area (Å²) in [5.41, 5.74) is 8.02. The van der Waals surface area contributed by atoms with E-state index in [9.17, 15) is 0 Å². The zero-order valence-corrected chi connectivity index (χ0v) is 5.54. The summed E-state index contributed by atoms with van der Waals surface area (Å²) in [6.07, 6.45) is 0.906. The van der Waals surface area contributed by atoms with Crippen molar-refractivity contribution in [1.82, 2.24) is 0 Å². The second kappa shape index (κ2) is 1.73. The maximum absolute atomic E-state index is 9.02. The summed E-state index contributed by atoms with van der Waals surface area (Å²) in [6, 6.07) is 5.55. The van der Waals surface area contributed by atoms with Gasteiger partial charge in [0.2, 0.25) is 0 Å². The van der Waals surface area contributed by atoms with E-state index in [1.807, 2.05) is 6.07 Å². The molecule has 0 spiro atoms. The molecule has 1 aromatic rings. The Morgan fingerprint density at radius 3 is 2.90 bits per heavy atom. The zero-order chi connectivity index (χ0) is 7.14. The average Bonchev–Trinajstić information content (AvgIpc) is 1.86. The van der Waals surface area contributed by atoms with Crippen LogP contribution in [0.4, 0.5) is 0 Å². The van der Waals surface area contributed by atoms with Crippen LogP contribution in [0.3, 0.4) is 0 Å². The smallest absolute Gasteiger partial charge is 0.115 e. The number of rotatable bonds is 0. The van der Waals surface area contributed by atoms with Crippen LogP contribution < -0.4 is 5.73 Å². The fourth-order valence-corrected chi connectivity index (χ4v) is 1.35. The summed E-state index contributed by atoms with van der Waals surface area (Å²) < 4.78 is 0. The van der Waals surface area contributed by atoms with Crippen LogP contribution in [0.1, 0.15) is 17.2 Å². The molecular formula is C8H9NO. The van der Waals surface area contributed by atoms with Crippen LogP contribution in [0.2, 0.25) is 0 Å². The maximum atomic E-state index is 9.02. The SMILES string of the molecule is NC1Cc2cc(O)ccc21. The molecule has 2 rings (SSSR count). The Kier molecular flexibility index (Phi) is 0.995. The lowest BCUT2D eigenvalue weighted by Crippen LogP contribution is -2.24. The molecule has 0 saturated carbocycles. The van der Waals surface area contributed by atoms with Crippen molar-refractivity contribution in [2.24, 2.45) is 5.73 Å². The minimum Gasteiger partial charge on any atom is -0.508 e. The monoisotopic (exact) mass is 135 g/mol. The molecular weight excluding hydrogens is 126 g/mol. The minimum atomic E-state index is 0.204. The molecule has 2 heteroatoms. The van der Waals surface area contributed by atoms with E-state index in [0.717, 1.165) is 6.42 Å². The molecule has 0 heterocycles. The van der Waals surface area contributed by atoms with Crippen molar-refractivity contribution in [2.75, 3.05) is 0 Å². The Morgan fingerprint density at radius 2 is 2.30 bits per heavy atom. The molecule has 0 saturated heterocycles. The quantitative estimate of drug-likeness (QED) is 0.556. The Labute approximate surface area is 59.3 Å². The molecule has 1 aliphatic rings. The van der Waals surface area contributed by atoms with Crippen molar-refractivity contribution >= 4 is 0 Å². The second-order valence-electron chi connectivity index (χ2n) is 2.69. The molecule has 0 fully saturated rings. The first-order chi connectivity index (χ1) is 4.77. The topological polar surface area (TPSA) is 46.2 Å². The number of hydrogen-bond acceptors (Lipinski definition) is 2. The van der Waals surface area contributed by atoms with Gasteiger partial charge >= 0.3 is 0 Å². The Balaban J connectivity index is 2.49. The number of nitrogens with two attached hydrogens (primary N) is 1. The lowest BCUT2D eigenvalue weighted by molar-refractivity contribution is 0.471. The summed E-state index contributed by atoms with van der Waals surface area (Å²) in [5, 5.41) is 9.02. The highest BCUT2D eigenvalue weighted by molar-refractivity contribution is 5.43. The van der Waals surface area contributed by atoms with Gasteiger partial charge in [-0.2, -0.15) is 0 Å². The number of aromatic hydroxyl groups is 1. The van der Waals surface area contributed by atoms with E-state index in [-0.39, 0.29) is 6.04 Å². The summed E-state index contributed by atoms with van der Waals surface area (Å²) in [6.45, 7) is 0. The van der Waals surface area contributed by atoms with Gasteiger partial charge in [-0.15, -0.1) is 0 Å². The van der Waals surface area contributed by atoms with Crippen molar-refractivity contribution in [2.45, 2.75) is 12.5 Å². The van der Waals surface area contributed by atoms with Gasteiger partial charge in [-0.25, -0.2) is 0 Å². The van der Waals surface area contributed by atoms with Crippen molar-refractivity contribution < 1.29 is 5.11 Å². The van der Waals surface area contributed by atoms with E-state index in [0.29, 0.717) is 5.75 Å². The van der Waals surface area contributed by atoms with Gasteiger partial charge in [-0.3, -0.25) is 0 Å². The number of hydrogen-bond donors (Lipinski definition) is 2. The molecule has 1 aromatic carbocycles. The predicted molar refractivity (Wildman–Crippen MR) is 38.7 cm³/mol. The van der Waals surface area contributed by atoms with E-state index in [2.05, 4.69) is 0 Å². The van der Waals surface area contributed by atoms with E-state index < -0.39 is 0 Å². The lowest BCUT2D eigenvalue weighted by atomic mass is 9.84.